The van der Waals surface area contributed by atoms with Gasteiger partial charge in [0.2, 0.25) is 17.6 Å². The quantitative estimate of drug-likeness (QED) is 0.329. The highest BCUT2D eigenvalue weighted by Crippen LogP contribution is 2.65. The lowest BCUT2D eigenvalue weighted by atomic mass is 9.80. The summed E-state index contributed by atoms with van der Waals surface area (Å²) in [5, 5.41) is 5.90. The second-order valence-corrected chi connectivity index (χ2v) is 13.9. The predicted molar refractivity (Wildman–Crippen MR) is 157 cm³/mol. The van der Waals surface area contributed by atoms with Gasteiger partial charge in [0.05, 0.1) is 11.6 Å². The Morgan fingerprint density at radius 2 is 1.80 bits per heavy atom. The van der Waals surface area contributed by atoms with E-state index < -0.39 is 47.5 Å². The highest BCUT2D eigenvalue weighted by Gasteiger charge is 2.69. The number of anilines is 1. The number of oxazole rings is 1. The van der Waals surface area contributed by atoms with Crippen molar-refractivity contribution in [2.75, 3.05) is 11.9 Å². The Balaban J connectivity index is 1.26. The molecule has 4 fully saturated rings. The summed E-state index contributed by atoms with van der Waals surface area (Å²) in [6.07, 6.45) is 2.99. The van der Waals surface area contributed by atoms with Crippen LogP contribution >= 0.6 is 0 Å². The van der Waals surface area contributed by atoms with Crippen molar-refractivity contribution in [3.05, 3.63) is 23.8 Å². The molecule has 4 aliphatic rings. The molecule has 45 heavy (non-hydrogen) atoms. The van der Waals surface area contributed by atoms with Gasteiger partial charge in [-0.25, -0.2) is 0 Å². The summed E-state index contributed by atoms with van der Waals surface area (Å²) in [7, 11) is 0. The number of amides is 3. The second-order valence-electron chi connectivity index (χ2n) is 13.9. The number of Topliss-reactive ketones (excluding diaryl/α,β-unsaturated/α-hetero) is 1. The van der Waals surface area contributed by atoms with Crippen molar-refractivity contribution < 1.29 is 36.8 Å². The van der Waals surface area contributed by atoms with Crippen LogP contribution in [0.2, 0.25) is 0 Å². The number of aromatic nitrogens is 1. The van der Waals surface area contributed by atoms with Crippen LogP contribution in [0.4, 0.5) is 19.2 Å². The normalized spacial score (nSPS) is 26.1. The van der Waals surface area contributed by atoms with Crippen LogP contribution in [0.25, 0.3) is 11.1 Å². The summed E-state index contributed by atoms with van der Waals surface area (Å²) < 4.78 is 45.6. The van der Waals surface area contributed by atoms with E-state index in [0.717, 1.165) is 63.5 Å². The molecule has 1 aromatic heterocycles. The minimum atomic E-state index is -4.54. The van der Waals surface area contributed by atoms with Crippen LogP contribution in [0.1, 0.15) is 77.2 Å². The summed E-state index contributed by atoms with van der Waals surface area (Å²) in [4.78, 5) is 58.7. The van der Waals surface area contributed by atoms with Gasteiger partial charge < -0.3 is 25.7 Å². The molecule has 1 aromatic carbocycles. The van der Waals surface area contributed by atoms with Gasteiger partial charge in [-0.3, -0.25) is 19.2 Å². The number of benzene rings is 1. The first-order valence-electron chi connectivity index (χ1n) is 15.9. The van der Waals surface area contributed by atoms with Gasteiger partial charge in [-0.2, -0.15) is 18.2 Å². The summed E-state index contributed by atoms with van der Waals surface area (Å²) in [6, 6.07) is 0.243. The Morgan fingerprint density at radius 1 is 1.09 bits per heavy atom. The van der Waals surface area contributed by atoms with Gasteiger partial charge in [0, 0.05) is 6.54 Å². The molecule has 0 bridgehead atoms. The van der Waals surface area contributed by atoms with Crippen LogP contribution in [0.15, 0.2) is 22.6 Å². The van der Waals surface area contributed by atoms with Gasteiger partial charge in [0.1, 0.15) is 17.6 Å². The molecule has 3 amide bonds. The third kappa shape index (κ3) is 6.02. The molecule has 5 atom stereocenters. The summed E-state index contributed by atoms with van der Waals surface area (Å²) >= 11 is 0. The zero-order valence-electron chi connectivity index (χ0n) is 25.5. The minimum Gasteiger partial charge on any atom is -0.424 e. The monoisotopic (exact) mass is 631 g/mol. The fourth-order valence-corrected chi connectivity index (χ4v) is 7.86. The lowest BCUT2D eigenvalue weighted by Crippen LogP contribution is -2.58. The smallest absolute Gasteiger partial charge is 0.416 e. The van der Waals surface area contributed by atoms with Gasteiger partial charge >= 0.3 is 6.18 Å². The zero-order chi connectivity index (χ0) is 32.3. The zero-order valence-corrected chi connectivity index (χ0v) is 25.5. The molecule has 244 valence electrons. The molecule has 3 saturated carbocycles. The molecule has 0 radical (unpaired) electrons. The van der Waals surface area contributed by atoms with Crippen LogP contribution in [-0.2, 0) is 25.4 Å². The number of halogens is 3. The molecule has 13 heteroatoms. The number of carbonyl (C=O) groups excluding carboxylic acids is 4. The average Bonchev–Trinajstić information content (AvgIpc) is 3.32. The molecule has 10 nitrogen and oxygen atoms in total. The fraction of sp³-hybridized carbons (Fsp3) is 0.656. The van der Waals surface area contributed by atoms with Gasteiger partial charge in [0.15, 0.2) is 5.58 Å². The van der Waals surface area contributed by atoms with E-state index >= 15 is 0 Å². The first kappa shape index (κ1) is 31.3. The first-order chi connectivity index (χ1) is 21.3. The third-order valence-electron chi connectivity index (χ3n) is 10.8. The van der Waals surface area contributed by atoms with E-state index in [1.165, 1.54) is 6.07 Å². The van der Waals surface area contributed by atoms with Crippen molar-refractivity contribution >= 4 is 40.6 Å². The number of hydrogen-bond donors (Lipinski definition) is 3. The number of nitrogens with two attached hydrogens (primary N) is 1. The molecule has 1 saturated heterocycles. The SMILES string of the molecule is CC1(C)C2[C@@H](C(=O)NC(CC3CCC3)C(=O)C(N)=O)N(C(=O)[C@@H](Nc3nc4cc(C(F)(F)F)ccc4o3)C3CCCCC3)C[C@@H]21. The van der Waals surface area contributed by atoms with E-state index in [9.17, 15) is 32.3 Å². The number of rotatable bonds is 10. The largest absolute Gasteiger partial charge is 0.424 e. The van der Waals surface area contributed by atoms with Gasteiger partial charge in [-0.1, -0.05) is 52.4 Å². The summed E-state index contributed by atoms with van der Waals surface area (Å²) in [5.41, 5.74) is 4.44. The molecule has 2 aromatic rings. The Kier molecular flexibility index (Phi) is 8.09. The van der Waals surface area contributed by atoms with Crippen molar-refractivity contribution in [1.82, 2.24) is 15.2 Å². The fourth-order valence-electron chi connectivity index (χ4n) is 7.86. The summed E-state index contributed by atoms with van der Waals surface area (Å²) in [6.45, 7) is 4.45. The molecular formula is C32H40F3N5O5. The molecule has 2 heterocycles. The highest BCUT2D eigenvalue weighted by molar-refractivity contribution is 6.37. The van der Waals surface area contributed by atoms with E-state index in [1.807, 2.05) is 0 Å². The molecule has 1 aliphatic heterocycles. The minimum absolute atomic E-state index is 0.0141. The maximum atomic E-state index is 14.4. The number of nitrogens with one attached hydrogen (secondary N) is 2. The van der Waals surface area contributed by atoms with Crippen molar-refractivity contribution in [2.45, 2.75) is 95.9 Å². The number of fused-ring (bicyclic) bond motifs is 2. The van der Waals surface area contributed by atoms with E-state index in [2.05, 4.69) is 29.5 Å². The first-order valence-corrected chi connectivity index (χ1v) is 15.9. The molecule has 2 unspecified atom stereocenters. The van der Waals surface area contributed by atoms with Crippen LogP contribution < -0.4 is 16.4 Å². The highest BCUT2D eigenvalue weighted by atomic mass is 19.4. The van der Waals surface area contributed by atoms with Crippen molar-refractivity contribution in [3.8, 4) is 0 Å². The molecular weight excluding hydrogens is 591 g/mol. The molecule has 3 aliphatic carbocycles. The van der Waals surface area contributed by atoms with E-state index in [-0.39, 0.29) is 52.1 Å². The molecule has 6 rings (SSSR count). The number of carbonyl (C=O) groups is 4. The predicted octanol–water partition coefficient (Wildman–Crippen LogP) is 4.42. The number of nitrogens with zero attached hydrogens (tertiary/aromatic N) is 2. The Morgan fingerprint density at radius 3 is 2.42 bits per heavy atom. The standard InChI is InChI=1S/C32H40F3N5O5/c1-31(2)19-15-40(25(23(19)31)28(43)37-21(26(41)27(36)42)13-16-7-6-8-16)29(44)24(17-9-4-3-5-10-17)39-30-38-20-14-18(32(33,34)35)11-12-22(20)45-30/h11-12,14,16-17,19,21,23-25H,3-10,13,15H2,1-2H3,(H2,36,42)(H,37,43)(H,38,39)/t19-,21?,23?,24-,25-/m0/s1. The van der Waals surface area contributed by atoms with E-state index in [4.69, 9.17) is 10.2 Å². The van der Waals surface area contributed by atoms with Gasteiger partial charge in [-0.15, -0.1) is 0 Å². The molecule has 4 N–H and O–H groups in total. The maximum absolute atomic E-state index is 14.4. The maximum Gasteiger partial charge on any atom is 0.416 e. The van der Waals surface area contributed by atoms with Crippen LogP contribution in [-0.4, -0.2) is 58.1 Å². The number of piperidine rings is 1. The van der Waals surface area contributed by atoms with E-state index in [1.54, 1.807) is 4.90 Å². The van der Waals surface area contributed by atoms with Crippen molar-refractivity contribution in [2.24, 2.45) is 34.8 Å². The van der Waals surface area contributed by atoms with E-state index in [0.29, 0.717) is 13.0 Å². The van der Waals surface area contributed by atoms with Crippen LogP contribution in [0, 0.1) is 29.1 Å². The average molecular weight is 632 g/mol. The lowest BCUT2D eigenvalue weighted by Gasteiger charge is -2.37. The Bertz CT molecular complexity index is 1500. The van der Waals surface area contributed by atoms with Gasteiger partial charge in [-0.05, 0) is 66.5 Å². The van der Waals surface area contributed by atoms with Crippen LogP contribution in [0.5, 0.6) is 0 Å². The lowest BCUT2D eigenvalue weighted by molar-refractivity contribution is -0.144. The van der Waals surface area contributed by atoms with Crippen molar-refractivity contribution in [1.29, 1.82) is 0 Å². The van der Waals surface area contributed by atoms with Gasteiger partial charge in [0.25, 0.3) is 11.9 Å². The topological polar surface area (TPSA) is 148 Å². The Labute approximate surface area is 259 Å². The number of ketones is 1. The number of likely N-dealkylation sites (tertiary alicyclic amines) is 1. The Hall–Kier alpha value is -3.64. The third-order valence-corrected chi connectivity index (χ3v) is 10.8. The summed E-state index contributed by atoms with van der Waals surface area (Å²) in [5.74, 6) is -2.70. The molecule has 0 spiro atoms. The number of hydrogen-bond acceptors (Lipinski definition) is 7. The van der Waals surface area contributed by atoms with Crippen LogP contribution in [0.3, 0.4) is 0 Å². The second kappa shape index (κ2) is 11.6. The number of primary amides is 1. The van der Waals surface area contributed by atoms with Crippen molar-refractivity contribution in [3.63, 3.8) is 0 Å². The number of alkyl halides is 3.